The van der Waals surface area contributed by atoms with Crippen LogP contribution in [0.4, 0.5) is 0 Å². The monoisotopic (exact) mass is 151 g/mol. The minimum absolute atomic E-state index is 0.404. The molecule has 1 nitrogen and oxygen atoms in total. The predicted octanol–water partition coefficient (Wildman–Crippen LogP) is 2.41. The average molecular weight is 151 g/mol. The quantitative estimate of drug-likeness (QED) is 0.486. The number of hydrogen-bond acceptors (Lipinski definition) is 1. The molecule has 0 rings (SSSR count). The van der Waals surface area contributed by atoms with Gasteiger partial charge in [-0.2, -0.15) is 0 Å². The van der Waals surface area contributed by atoms with Gasteiger partial charge in [0, 0.05) is 0 Å². The Bertz CT molecular complexity index is 197. The van der Waals surface area contributed by atoms with Crippen molar-refractivity contribution in [2.24, 2.45) is 5.73 Å². The summed E-state index contributed by atoms with van der Waals surface area (Å²) in [6, 6.07) is 0. The van der Waals surface area contributed by atoms with Gasteiger partial charge in [0.2, 0.25) is 0 Å². The Morgan fingerprint density at radius 2 is 1.82 bits per heavy atom. The lowest BCUT2D eigenvalue weighted by Crippen LogP contribution is -2.34. The van der Waals surface area contributed by atoms with Gasteiger partial charge in [-0.25, -0.2) is 0 Å². The van der Waals surface area contributed by atoms with Crippen molar-refractivity contribution in [3.05, 3.63) is 36.5 Å². The Labute approximate surface area is 69.3 Å². The minimum atomic E-state index is -0.404. The number of hydrogen-bond donors (Lipinski definition) is 1. The second-order valence-electron chi connectivity index (χ2n) is 3.24. The lowest BCUT2D eigenvalue weighted by molar-refractivity contribution is 0.688. The van der Waals surface area contributed by atoms with E-state index in [-0.39, 0.29) is 0 Å². The van der Waals surface area contributed by atoms with Crippen molar-refractivity contribution in [3.63, 3.8) is 0 Å². The highest BCUT2D eigenvalue weighted by molar-refractivity contribution is 5.25. The summed E-state index contributed by atoms with van der Waals surface area (Å²) < 4.78 is 0. The standard InChI is InChI=1S/C10H17N/c1-8(2)6-7-10(5,11)9(3)4/h6-7H,1,3,11H2,2,4-5H3/b7-6-. The summed E-state index contributed by atoms with van der Waals surface area (Å²) >= 11 is 0. The van der Waals surface area contributed by atoms with Gasteiger partial charge in [-0.1, -0.05) is 36.5 Å². The largest absolute Gasteiger partial charge is 0.319 e. The second-order valence-corrected chi connectivity index (χ2v) is 3.24. The van der Waals surface area contributed by atoms with E-state index in [9.17, 15) is 0 Å². The molecule has 0 aliphatic carbocycles. The van der Waals surface area contributed by atoms with Crippen molar-refractivity contribution in [2.75, 3.05) is 0 Å². The molecule has 0 aliphatic rings. The van der Waals surface area contributed by atoms with Crippen LogP contribution in [0.5, 0.6) is 0 Å². The SMILES string of the molecule is C=C(C)/C=C\C(C)(N)C(=C)C. The Hall–Kier alpha value is -0.820. The molecule has 62 valence electrons. The Morgan fingerprint density at radius 1 is 1.36 bits per heavy atom. The number of rotatable bonds is 3. The lowest BCUT2D eigenvalue weighted by Gasteiger charge is -2.20. The van der Waals surface area contributed by atoms with Crippen LogP contribution < -0.4 is 5.73 Å². The smallest absolute Gasteiger partial charge is 0.0523 e. The zero-order chi connectivity index (χ0) is 9.07. The van der Waals surface area contributed by atoms with E-state index in [0.717, 1.165) is 11.1 Å². The van der Waals surface area contributed by atoms with Gasteiger partial charge < -0.3 is 5.73 Å². The molecule has 0 saturated heterocycles. The molecule has 1 heteroatoms. The Kier molecular flexibility index (Phi) is 3.27. The zero-order valence-corrected chi connectivity index (χ0v) is 7.65. The van der Waals surface area contributed by atoms with Crippen LogP contribution in [0.15, 0.2) is 36.5 Å². The van der Waals surface area contributed by atoms with Crippen molar-refractivity contribution in [2.45, 2.75) is 26.3 Å². The van der Waals surface area contributed by atoms with E-state index in [1.54, 1.807) is 0 Å². The van der Waals surface area contributed by atoms with Crippen LogP contribution in [0.2, 0.25) is 0 Å². The first-order chi connectivity index (χ1) is 4.86. The maximum absolute atomic E-state index is 5.88. The minimum Gasteiger partial charge on any atom is -0.319 e. The summed E-state index contributed by atoms with van der Waals surface area (Å²) in [6.45, 7) is 13.3. The molecule has 0 aliphatic heterocycles. The van der Waals surface area contributed by atoms with Crippen LogP contribution in [-0.4, -0.2) is 5.54 Å². The van der Waals surface area contributed by atoms with Crippen LogP contribution in [0.25, 0.3) is 0 Å². The third-order valence-electron chi connectivity index (χ3n) is 1.63. The molecule has 0 spiro atoms. The van der Waals surface area contributed by atoms with E-state index in [1.807, 2.05) is 32.9 Å². The van der Waals surface area contributed by atoms with Gasteiger partial charge in [0.05, 0.1) is 5.54 Å². The van der Waals surface area contributed by atoms with E-state index >= 15 is 0 Å². The predicted molar refractivity (Wildman–Crippen MR) is 51.4 cm³/mol. The average Bonchev–Trinajstić information content (AvgIpc) is 1.84. The highest BCUT2D eigenvalue weighted by Crippen LogP contribution is 2.12. The summed E-state index contributed by atoms with van der Waals surface area (Å²) in [5.74, 6) is 0. The molecule has 11 heavy (non-hydrogen) atoms. The summed E-state index contributed by atoms with van der Waals surface area (Å²) in [6.07, 6.45) is 3.83. The third kappa shape index (κ3) is 3.79. The Balaban J connectivity index is 4.35. The van der Waals surface area contributed by atoms with Crippen molar-refractivity contribution in [3.8, 4) is 0 Å². The number of allylic oxidation sites excluding steroid dienone is 2. The van der Waals surface area contributed by atoms with Gasteiger partial charge in [0.15, 0.2) is 0 Å². The van der Waals surface area contributed by atoms with Crippen LogP contribution in [0.3, 0.4) is 0 Å². The van der Waals surface area contributed by atoms with Gasteiger partial charge in [0.1, 0.15) is 0 Å². The van der Waals surface area contributed by atoms with Crippen LogP contribution in [-0.2, 0) is 0 Å². The summed E-state index contributed by atoms with van der Waals surface area (Å²) in [4.78, 5) is 0. The van der Waals surface area contributed by atoms with E-state index in [2.05, 4.69) is 13.2 Å². The molecule has 0 radical (unpaired) electrons. The molecule has 1 unspecified atom stereocenters. The molecule has 0 aromatic heterocycles. The molecule has 0 aromatic carbocycles. The molecule has 2 N–H and O–H groups in total. The van der Waals surface area contributed by atoms with Gasteiger partial charge in [-0.15, -0.1) is 0 Å². The van der Waals surface area contributed by atoms with Crippen molar-refractivity contribution in [1.29, 1.82) is 0 Å². The molecule has 1 atom stereocenters. The van der Waals surface area contributed by atoms with Crippen LogP contribution in [0.1, 0.15) is 20.8 Å². The fraction of sp³-hybridized carbons (Fsp3) is 0.400. The van der Waals surface area contributed by atoms with Crippen LogP contribution >= 0.6 is 0 Å². The Morgan fingerprint density at radius 3 is 2.09 bits per heavy atom. The maximum Gasteiger partial charge on any atom is 0.0523 e. The van der Waals surface area contributed by atoms with Crippen molar-refractivity contribution in [1.82, 2.24) is 0 Å². The lowest BCUT2D eigenvalue weighted by atomic mass is 9.94. The molecule has 0 bridgehead atoms. The summed E-state index contributed by atoms with van der Waals surface area (Å²) in [5.41, 5.74) is 7.43. The third-order valence-corrected chi connectivity index (χ3v) is 1.63. The first-order valence-corrected chi connectivity index (χ1v) is 3.66. The van der Waals surface area contributed by atoms with E-state index in [0.29, 0.717) is 0 Å². The van der Waals surface area contributed by atoms with E-state index in [4.69, 9.17) is 5.73 Å². The first kappa shape index (κ1) is 10.2. The molecular formula is C10H17N. The molecular weight excluding hydrogens is 134 g/mol. The highest BCUT2D eigenvalue weighted by Gasteiger charge is 2.13. The maximum atomic E-state index is 5.88. The highest BCUT2D eigenvalue weighted by atomic mass is 14.7. The fourth-order valence-electron chi connectivity index (χ4n) is 0.458. The van der Waals surface area contributed by atoms with Crippen molar-refractivity contribution < 1.29 is 0 Å². The summed E-state index contributed by atoms with van der Waals surface area (Å²) in [5, 5.41) is 0. The molecule has 0 heterocycles. The van der Waals surface area contributed by atoms with Gasteiger partial charge in [-0.05, 0) is 20.8 Å². The molecule has 0 amide bonds. The van der Waals surface area contributed by atoms with Gasteiger partial charge in [0.25, 0.3) is 0 Å². The molecule has 0 fully saturated rings. The summed E-state index contributed by atoms with van der Waals surface area (Å²) in [7, 11) is 0. The van der Waals surface area contributed by atoms with Crippen LogP contribution in [0, 0.1) is 0 Å². The molecule has 0 aromatic rings. The van der Waals surface area contributed by atoms with Crippen molar-refractivity contribution >= 4 is 0 Å². The normalized spacial score (nSPS) is 16.4. The topological polar surface area (TPSA) is 26.0 Å². The molecule has 0 saturated carbocycles. The van der Waals surface area contributed by atoms with E-state index in [1.165, 1.54) is 0 Å². The van der Waals surface area contributed by atoms with E-state index < -0.39 is 5.54 Å². The second kappa shape index (κ2) is 3.54. The number of nitrogens with two attached hydrogens (primary N) is 1. The van der Waals surface area contributed by atoms with Gasteiger partial charge >= 0.3 is 0 Å². The zero-order valence-electron chi connectivity index (χ0n) is 7.65. The first-order valence-electron chi connectivity index (χ1n) is 3.66. The fourth-order valence-corrected chi connectivity index (χ4v) is 0.458. The van der Waals surface area contributed by atoms with Gasteiger partial charge in [-0.3, -0.25) is 0 Å².